The van der Waals surface area contributed by atoms with Crippen molar-refractivity contribution in [1.29, 1.82) is 0 Å². The summed E-state index contributed by atoms with van der Waals surface area (Å²) in [6.07, 6.45) is 0. The van der Waals surface area contributed by atoms with Crippen LogP contribution in [0, 0.1) is 6.57 Å². The highest BCUT2D eigenvalue weighted by atomic mass is 16.5. The molecule has 0 radical (unpaired) electrons. The summed E-state index contributed by atoms with van der Waals surface area (Å²) >= 11 is 0. The van der Waals surface area contributed by atoms with E-state index in [4.69, 9.17) is 11.3 Å². The summed E-state index contributed by atoms with van der Waals surface area (Å²) < 4.78 is 4.89. The van der Waals surface area contributed by atoms with Gasteiger partial charge in [0, 0.05) is 6.07 Å². The van der Waals surface area contributed by atoms with Crippen LogP contribution in [-0.2, 0) is 6.54 Å². The Balaban J connectivity index is 2.84. The average molecular weight is 148 g/mol. The van der Waals surface area contributed by atoms with Crippen LogP contribution in [0.4, 0.5) is 0 Å². The molecule has 0 amide bonds. The minimum absolute atomic E-state index is 0.317. The SMILES string of the molecule is [C-]#[N+]Cc1cccc(OC)n1. The molecule has 1 heterocycles. The van der Waals surface area contributed by atoms with Crippen molar-refractivity contribution in [3.63, 3.8) is 0 Å². The van der Waals surface area contributed by atoms with Gasteiger partial charge >= 0.3 is 0 Å². The van der Waals surface area contributed by atoms with Crippen molar-refractivity contribution in [3.8, 4) is 5.88 Å². The minimum atomic E-state index is 0.317. The van der Waals surface area contributed by atoms with E-state index in [0.29, 0.717) is 12.4 Å². The molecule has 1 aromatic heterocycles. The van der Waals surface area contributed by atoms with Gasteiger partial charge in [-0.3, -0.25) is 0 Å². The minimum Gasteiger partial charge on any atom is -0.481 e. The fourth-order valence-corrected chi connectivity index (χ4v) is 0.740. The first-order valence-corrected chi connectivity index (χ1v) is 3.20. The lowest BCUT2D eigenvalue weighted by Gasteiger charge is -1.97. The van der Waals surface area contributed by atoms with Gasteiger partial charge in [0.1, 0.15) is 5.69 Å². The molecular weight excluding hydrogens is 140 g/mol. The van der Waals surface area contributed by atoms with Gasteiger partial charge in [-0.1, -0.05) is 6.07 Å². The van der Waals surface area contributed by atoms with Crippen molar-refractivity contribution in [1.82, 2.24) is 4.98 Å². The lowest BCUT2D eigenvalue weighted by Crippen LogP contribution is -1.90. The topological polar surface area (TPSA) is 26.5 Å². The highest BCUT2D eigenvalue weighted by Crippen LogP contribution is 2.06. The lowest BCUT2D eigenvalue weighted by molar-refractivity contribution is 0.396. The summed E-state index contributed by atoms with van der Waals surface area (Å²) in [6.45, 7) is 6.93. The molecule has 0 N–H and O–H groups in total. The summed E-state index contributed by atoms with van der Waals surface area (Å²) in [4.78, 5) is 7.26. The van der Waals surface area contributed by atoms with Crippen molar-refractivity contribution in [3.05, 3.63) is 35.3 Å². The fraction of sp³-hybridized carbons (Fsp3) is 0.250. The third-order valence-electron chi connectivity index (χ3n) is 1.23. The zero-order valence-corrected chi connectivity index (χ0v) is 6.24. The van der Waals surface area contributed by atoms with E-state index in [0.717, 1.165) is 5.69 Å². The maximum atomic E-state index is 6.61. The predicted octanol–water partition coefficient (Wildman–Crippen LogP) is 1.51. The summed E-state index contributed by atoms with van der Waals surface area (Å²) in [6, 6.07) is 5.39. The van der Waals surface area contributed by atoms with E-state index in [1.165, 1.54) is 0 Å². The Morgan fingerprint density at radius 2 is 2.45 bits per heavy atom. The van der Waals surface area contributed by atoms with Gasteiger partial charge in [0.15, 0.2) is 0 Å². The maximum absolute atomic E-state index is 6.61. The zero-order chi connectivity index (χ0) is 8.10. The van der Waals surface area contributed by atoms with Crippen molar-refractivity contribution >= 4 is 0 Å². The molecule has 0 aliphatic heterocycles. The summed E-state index contributed by atoms with van der Waals surface area (Å²) in [7, 11) is 1.56. The van der Waals surface area contributed by atoms with Crippen molar-refractivity contribution in [2.45, 2.75) is 6.54 Å². The molecule has 1 aromatic rings. The molecule has 0 bridgehead atoms. The van der Waals surface area contributed by atoms with Gasteiger partial charge in [-0.2, -0.15) is 0 Å². The van der Waals surface area contributed by atoms with Crippen LogP contribution in [0.2, 0.25) is 0 Å². The third kappa shape index (κ3) is 1.94. The molecule has 0 spiro atoms. The quantitative estimate of drug-likeness (QED) is 0.594. The Labute approximate surface area is 65.5 Å². The second-order valence-electron chi connectivity index (χ2n) is 1.99. The van der Waals surface area contributed by atoms with Gasteiger partial charge < -0.3 is 9.58 Å². The van der Waals surface area contributed by atoms with E-state index in [9.17, 15) is 0 Å². The number of ether oxygens (including phenoxy) is 1. The van der Waals surface area contributed by atoms with E-state index >= 15 is 0 Å². The molecule has 0 fully saturated rings. The van der Waals surface area contributed by atoms with Crippen molar-refractivity contribution < 1.29 is 4.74 Å². The van der Waals surface area contributed by atoms with Crippen LogP contribution in [0.25, 0.3) is 4.85 Å². The number of hydrogen-bond acceptors (Lipinski definition) is 2. The summed E-state index contributed by atoms with van der Waals surface area (Å²) in [5, 5.41) is 0. The molecule has 0 aromatic carbocycles. The molecule has 3 heteroatoms. The summed E-state index contributed by atoms with van der Waals surface area (Å²) in [5.74, 6) is 0.561. The highest BCUT2D eigenvalue weighted by molar-refractivity contribution is 5.16. The molecule has 56 valence electrons. The van der Waals surface area contributed by atoms with Crippen molar-refractivity contribution in [2.24, 2.45) is 0 Å². The predicted molar refractivity (Wildman–Crippen MR) is 41.1 cm³/mol. The molecule has 0 aliphatic carbocycles. The Kier molecular flexibility index (Phi) is 2.45. The van der Waals surface area contributed by atoms with Gasteiger partial charge in [-0.15, -0.1) is 0 Å². The van der Waals surface area contributed by atoms with Gasteiger partial charge in [0.2, 0.25) is 5.88 Å². The van der Waals surface area contributed by atoms with Crippen LogP contribution in [-0.4, -0.2) is 12.1 Å². The number of rotatable bonds is 2. The Morgan fingerprint density at radius 3 is 3.09 bits per heavy atom. The van der Waals surface area contributed by atoms with E-state index in [-0.39, 0.29) is 0 Å². The molecule has 11 heavy (non-hydrogen) atoms. The van der Waals surface area contributed by atoms with E-state index in [1.807, 2.05) is 6.07 Å². The van der Waals surface area contributed by atoms with Crippen LogP contribution >= 0.6 is 0 Å². The van der Waals surface area contributed by atoms with E-state index in [1.54, 1.807) is 19.2 Å². The van der Waals surface area contributed by atoms with Crippen molar-refractivity contribution in [2.75, 3.05) is 7.11 Å². The first kappa shape index (κ1) is 7.55. The zero-order valence-electron chi connectivity index (χ0n) is 6.24. The normalized spacial score (nSPS) is 8.73. The van der Waals surface area contributed by atoms with E-state index < -0.39 is 0 Å². The van der Waals surface area contributed by atoms with Gasteiger partial charge in [-0.25, -0.2) is 11.6 Å². The molecule has 0 aliphatic rings. The maximum Gasteiger partial charge on any atom is 0.256 e. The Morgan fingerprint density at radius 1 is 1.64 bits per heavy atom. The van der Waals surface area contributed by atoms with Gasteiger partial charge in [0.05, 0.1) is 7.11 Å². The number of pyridine rings is 1. The fourth-order valence-electron chi connectivity index (χ4n) is 0.740. The number of aromatic nitrogens is 1. The first-order valence-electron chi connectivity index (χ1n) is 3.20. The largest absolute Gasteiger partial charge is 0.481 e. The molecule has 0 unspecified atom stereocenters. The first-order chi connectivity index (χ1) is 5.36. The molecule has 0 atom stereocenters. The average Bonchev–Trinajstić information content (AvgIpc) is 2.06. The monoisotopic (exact) mass is 148 g/mol. The Hall–Kier alpha value is -1.56. The van der Waals surface area contributed by atoms with Crippen LogP contribution in [0.3, 0.4) is 0 Å². The molecule has 3 nitrogen and oxygen atoms in total. The summed E-state index contributed by atoms with van der Waals surface area (Å²) in [5.41, 5.74) is 0.749. The van der Waals surface area contributed by atoms with Crippen LogP contribution in [0.1, 0.15) is 5.69 Å². The van der Waals surface area contributed by atoms with E-state index in [2.05, 4.69) is 9.83 Å². The Bertz CT molecular complexity index is 278. The molecule has 0 saturated heterocycles. The lowest BCUT2D eigenvalue weighted by atomic mass is 10.3. The molecule has 0 saturated carbocycles. The van der Waals surface area contributed by atoms with Crippen LogP contribution < -0.4 is 4.74 Å². The standard InChI is InChI=1S/C8H8N2O/c1-9-6-7-4-3-5-8(10-7)11-2/h3-5H,6H2,2H3. The van der Waals surface area contributed by atoms with Crippen LogP contribution in [0.5, 0.6) is 5.88 Å². The van der Waals surface area contributed by atoms with Gasteiger partial charge in [-0.05, 0) is 6.07 Å². The number of nitrogens with zero attached hydrogens (tertiary/aromatic N) is 2. The number of hydrogen-bond donors (Lipinski definition) is 0. The van der Waals surface area contributed by atoms with Crippen LogP contribution in [0.15, 0.2) is 18.2 Å². The second-order valence-corrected chi connectivity index (χ2v) is 1.99. The molecular formula is C8H8N2O. The smallest absolute Gasteiger partial charge is 0.256 e. The number of methoxy groups -OCH3 is 1. The highest BCUT2D eigenvalue weighted by Gasteiger charge is 1.97. The second kappa shape index (κ2) is 3.57. The third-order valence-corrected chi connectivity index (χ3v) is 1.23. The van der Waals surface area contributed by atoms with Gasteiger partial charge in [0.25, 0.3) is 6.54 Å². The molecule has 1 rings (SSSR count).